The van der Waals surface area contributed by atoms with Crippen LogP contribution in [0.1, 0.15) is 22.9 Å². The topological polar surface area (TPSA) is 113 Å². The summed E-state index contributed by atoms with van der Waals surface area (Å²) in [6.45, 7) is 2.83. The molecule has 1 saturated heterocycles. The number of hydrogen-bond acceptors (Lipinski definition) is 5. The number of sulfonamides is 1. The molecule has 0 spiro atoms. The summed E-state index contributed by atoms with van der Waals surface area (Å²) >= 11 is 7.45. The van der Waals surface area contributed by atoms with E-state index < -0.39 is 22.1 Å². The minimum absolute atomic E-state index is 0.0243. The lowest BCUT2D eigenvalue weighted by molar-refractivity contribution is -0.132. The van der Waals surface area contributed by atoms with Crippen LogP contribution in [-0.2, 0) is 14.8 Å². The summed E-state index contributed by atoms with van der Waals surface area (Å²) in [4.78, 5) is 26.8. The zero-order chi connectivity index (χ0) is 21.9. The molecule has 1 aromatic carbocycles. The van der Waals surface area contributed by atoms with Crippen molar-refractivity contribution in [3.63, 3.8) is 0 Å². The van der Waals surface area contributed by atoms with E-state index in [1.165, 1.54) is 15.6 Å². The maximum absolute atomic E-state index is 12.8. The zero-order valence-corrected chi connectivity index (χ0v) is 18.8. The van der Waals surface area contributed by atoms with E-state index in [2.05, 4.69) is 5.32 Å². The van der Waals surface area contributed by atoms with Gasteiger partial charge in [0, 0.05) is 36.1 Å². The molecule has 3 amide bonds. The van der Waals surface area contributed by atoms with Crippen LogP contribution in [0.3, 0.4) is 0 Å². The third-order valence-corrected chi connectivity index (χ3v) is 8.59. The molecule has 0 saturated carbocycles. The van der Waals surface area contributed by atoms with Gasteiger partial charge in [0.25, 0.3) is 10.0 Å². The third kappa shape index (κ3) is 5.12. The number of urea groups is 1. The highest BCUT2D eigenvalue weighted by atomic mass is 35.5. The molecule has 0 aliphatic carbocycles. The van der Waals surface area contributed by atoms with E-state index in [1.54, 1.807) is 41.3 Å². The van der Waals surface area contributed by atoms with E-state index in [-0.39, 0.29) is 38.5 Å². The number of nitrogens with two attached hydrogens (primary N) is 1. The fraction of sp³-hybridized carbons (Fsp3) is 0.368. The number of nitrogens with one attached hydrogen (secondary N) is 1. The zero-order valence-electron chi connectivity index (χ0n) is 16.4. The molecule has 1 unspecified atom stereocenters. The molecule has 8 nitrogen and oxygen atoms in total. The van der Waals surface area contributed by atoms with Crippen molar-refractivity contribution in [1.82, 2.24) is 14.5 Å². The maximum atomic E-state index is 12.8. The molecule has 1 fully saturated rings. The quantitative estimate of drug-likeness (QED) is 0.674. The third-order valence-electron chi connectivity index (χ3n) is 4.88. The lowest BCUT2D eigenvalue weighted by atomic mass is 10.0. The van der Waals surface area contributed by atoms with Gasteiger partial charge in [-0.3, -0.25) is 4.79 Å². The predicted molar refractivity (Wildman–Crippen MR) is 116 cm³/mol. The second kappa shape index (κ2) is 9.34. The summed E-state index contributed by atoms with van der Waals surface area (Å²) in [5.41, 5.74) is 5.87. The van der Waals surface area contributed by atoms with Crippen molar-refractivity contribution in [2.45, 2.75) is 23.6 Å². The summed E-state index contributed by atoms with van der Waals surface area (Å²) in [5.74, 6) is -0.210. The van der Waals surface area contributed by atoms with E-state index in [1.807, 2.05) is 6.92 Å². The van der Waals surface area contributed by atoms with Gasteiger partial charge in [0.1, 0.15) is 4.21 Å². The molecule has 30 heavy (non-hydrogen) atoms. The maximum Gasteiger partial charge on any atom is 0.312 e. The lowest BCUT2D eigenvalue weighted by Gasteiger charge is -2.34. The van der Waals surface area contributed by atoms with Gasteiger partial charge in [-0.2, -0.15) is 4.31 Å². The number of carbonyl (C=O) groups excluding carboxylic acids is 2. The van der Waals surface area contributed by atoms with Gasteiger partial charge in [0.15, 0.2) is 0 Å². The SMILES string of the molecule is Cc1ccc(S(=O)(=O)N2CCN(C(=O)CC(NC(N)=O)c3ccccc3Cl)CC2)s1. The van der Waals surface area contributed by atoms with Crippen molar-refractivity contribution in [2.24, 2.45) is 5.73 Å². The second-order valence-electron chi connectivity index (χ2n) is 6.94. The smallest absolute Gasteiger partial charge is 0.312 e. The summed E-state index contributed by atoms with van der Waals surface area (Å²) in [5, 5.41) is 2.99. The van der Waals surface area contributed by atoms with Crippen LogP contribution in [0.4, 0.5) is 4.79 Å². The minimum atomic E-state index is -3.55. The van der Waals surface area contributed by atoms with Crippen molar-refractivity contribution in [2.75, 3.05) is 26.2 Å². The molecule has 1 aliphatic rings. The number of rotatable bonds is 6. The Bertz CT molecular complexity index is 1030. The van der Waals surface area contributed by atoms with Crippen LogP contribution in [0.5, 0.6) is 0 Å². The largest absolute Gasteiger partial charge is 0.352 e. The van der Waals surface area contributed by atoms with Gasteiger partial charge in [0.2, 0.25) is 5.91 Å². The first-order valence-electron chi connectivity index (χ1n) is 9.33. The number of benzene rings is 1. The molecular weight excluding hydrogens is 448 g/mol. The molecule has 3 rings (SSSR count). The Morgan fingerprint density at radius 3 is 2.40 bits per heavy atom. The van der Waals surface area contributed by atoms with Crippen molar-refractivity contribution >= 4 is 44.9 Å². The van der Waals surface area contributed by atoms with E-state index >= 15 is 0 Å². The molecule has 2 heterocycles. The monoisotopic (exact) mass is 470 g/mol. The Balaban J connectivity index is 1.65. The first-order valence-corrected chi connectivity index (χ1v) is 12.0. The van der Waals surface area contributed by atoms with Gasteiger partial charge in [-0.25, -0.2) is 13.2 Å². The minimum Gasteiger partial charge on any atom is -0.352 e. The van der Waals surface area contributed by atoms with Crippen LogP contribution in [0.15, 0.2) is 40.6 Å². The van der Waals surface area contributed by atoms with E-state index in [9.17, 15) is 18.0 Å². The van der Waals surface area contributed by atoms with E-state index in [0.29, 0.717) is 14.8 Å². The predicted octanol–water partition coefficient (Wildman–Crippen LogP) is 2.34. The fourth-order valence-corrected chi connectivity index (χ4v) is 6.45. The molecule has 2 aromatic rings. The van der Waals surface area contributed by atoms with Crippen LogP contribution < -0.4 is 11.1 Å². The van der Waals surface area contributed by atoms with Crippen LogP contribution >= 0.6 is 22.9 Å². The number of primary amides is 1. The van der Waals surface area contributed by atoms with Crippen LogP contribution in [0.25, 0.3) is 0 Å². The van der Waals surface area contributed by atoms with Gasteiger partial charge < -0.3 is 16.0 Å². The number of piperazine rings is 1. The lowest BCUT2D eigenvalue weighted by Crippen LogP contribution is -2.51. The number of amides is 3. The van der Waals surface area contributed by atoms with Gasteiger partial charge in [-0.15, -0.1) is 11.3 Å². The second-order valence-corrected chi connectivity index (χ2v) is 10.8. The highest BCUT2D eigenvalue weighted by Crippen LogP contribution is 2.27. The average molecular weight is 471 g/mol. The van der Waals surface area contributed by atoms with Crippen molar-refractivity contribution in [1.29, 1.82) is 0 Å². The van der Waals surface area contributed by atoms with E-state index in [4.69, 9.17) is 17.3 Å². The molecule has 0 radical (unpaired) electrons. The molecule has 11 heteroatoms. The first-order chi connectivity index (χ1) is 14.2. The highest BCUT2D eigenvalue weighted by molar-refractivity contribution is 7.91. The molecule has 1 atom stereocenters. The molecule has 3 N–H and O–H groups in total. The first kappa shape index (κ1) is 22.5. The summed E-state index contributed by atoms with van der Waals surface area (Å²) in [7, 11) is -3.55. The van der Waals surface area contributed by atoms with Gasteiger partial charge in [-0.1, -0.05) is 29.8 Å². The number of nitrogens with zero attached hydrogens (tertiary/aromatic N) is 2. The van der Waals surface area contributed by atoms with Crippen molar-refractivity contribution in [3.8, 4) is 0 Å². The van der Waals surface area contributed by atoms with Gasteiger partial charge in [0.05, 0.1) is 12.5 Å². The Kier molecular flexibility index (Phi) is 7.02. The molecule has 1 aromatic heterocycles. The number of thiophene rings is 1. The number of hydrogen-bond donors (Lipinski definition) is 2. The Morgan fingerprint density at radius 1 is 1.17 bits per heavy atom. The van der Waals surface area contributed by atoms with Crippen LogP contribution in [0.2, 0.25) is 5.02 Å². The van der Waals surface area contributed by atoms with E-state index in [0.717, 1.165) is 4.88 Å². The summed E-state index contributed by atoms with van der Waals surface area (Å²) in [6.07, 6.45) is -0.0243. The Morgan fingerprint density at radius 2 is 1.83 bits per heavy atom. The van der Waals surface area contributed by atoms with Crippen molar-refractivity contribution < 1.29 is 18.0 Å². The highest BCUT2D eigenvalue weighted by Gasteiger charge is 2.32. The molecule has 162 valence electrons. The van der Waals surface area contributed by atoms with Crippen LogP contribution in [-0.4, -0.2) is 55.7 Å². The van der Waals surface area contributed by atoms with Gasteiger partial charge >= 0.3 is 6.03 Å². The molecular formula is C19H23ClN4O4S2. The number of aryl methyl sites for hydroxylation is 1. The molecule has 0 bridgehead atoms. The Hall–Kier alpha value is -2.14. The average Bonchev–Trinajstić information content (AvgIpc) is 3.15. The van der Waals surface area contributed by atoms with Crippen molar-refractivity contribution in [3.05, 3.63) is 51.9 Å². The normalized spacial score (nSPS) is 16.3. The number of halogens is 1. The molecule has 1 aliphatic heterocycles. The number of carbonyl (C=O) groups is 2. The van der Waals surface area contributed by atoms with Gasteiger partial charge in [-0.05, 0) is 30.7 Å². The summed E-state index contributed by atoms with van der Waals surface area (Å²) in [6, 6.07) is 8.88. The summed E-state index contributed by atoms with van der Waals surface area (Å²) < 4.78 is 27.2. The van der Waals surface area contributed by atoms with Crippen LogP contribution in [0, 0.1) is 6.92 Å². The standard InChI is InChI=1S/C19H23ClN4O4S2/c1-13-6-7-18(29-13)30(27,28)24-10-8-23(9-11-24)17(25)12-16(22-19(21)26)14-4-2-3-5-15(14)20/h2-7,16H,8-12H2,1H3,(H3,21,22,26). The fourth-order valence-electron chi connectivity index (χ4n) is 3.33. The Labute approximate surface area is 184 Å².